The molecular formula is C21H20F3N3O2. The zero-order chi connectivity index (χ0) is 20.9. The standard InChI is InChI=1S/C21H20F3N3O2/c22-21(23,24)17-8-3-5-15(13-17)10-11-19(28)25-26-20(29)14-27-12-4-7-16-6-1-2-9-18(16)27/h1-3,5-6,8-11,13H,4,7,12,14H2,(H,25,28)(H,26,29)/b11-10+. The van der Waals surface area contributed by atoms with Gasteiger partial charge < -0.3 is 4.90 Å². The second-order valence-electron chi connectivity index (χ2n) is 6.65. The molecule has 0 radical (unpaired) electrons. The Morgan fingerprint density at radius 3 is 2.66 bits per heavy atom. The lowest BCUT2D eigenvalue weighted by Crippen LogP contribution is -2.47. The summed E-state index contributed by atoms with van der Waals surface area (Å²) in [6, 6.07) is 12.5. The van der Waals surface area contributed by atoms with Crippen LogP contribution in [-0.2, 0) is 22.2 Å². The number of halogens is 3. The van der Waals surface area contributed by atoms with Crippen LogP contribution in [0.1, 0.15) is 23.1 Å². The number of amides is 2. The second-order valence-corrected chi connectivity index (χ2v) is 6.65. The zero-order valence-corrected chi connectivity index (χ0v) is 15.5. The fourth-order valence-electron chi connectivity index (χ4n) is 3.15. The zero-order valence-electron chi connectivity index (χ0n) is 15.5. The molecule has 0 aromatic heterocycles. The molecule has 0 unspecified atom stereocenters. The first kappa shape index (κ1) is 20.4. The lowest BCUT2D eigenvalue weighted by molar-refractivity contribution is -0.137. The van der Waals surface area contributed by atoms with Crippen molar-refractivity contribution in [1.29, 1.82) is 0 Å². The van der Waals surface area contributed by atoms with Crippen LogP contribution in [0.3, 0.4) is 0 Å². The van der Waals surface area contributed by atoms with E-state index in [2.05, 4.69) is 10.9 Å². The number of carbonyl (C=O) groups excluding carboxylic acids is 2. The van der Waals surface area contributed by atoms with E-state index >= 15 is 0 Å². The highest BCUT2D eigenvalue weighted by Gasteiger charge is 2.30. The number of fused-ring (bicyclic) bond motifs is 1. The molecular weight excluding hydrogens is 383 g/mol. The van der Waals surface area contributed by atoms with Gasteiger partial charge in [0.2, 0.25) is 0 Å². The molecule has 1 aliphatic rings. The van der Waals surface area contributed by atoms with Crippen molar-refractivity contribution in [3.05, 3.63) is 71.3 Å². The van der Waals surface area contributed by atoms with Crippen molar-refractivity contribution in [2.24, 2.45) is 0 Å². The van der Waals surface area contributed by atoms with E-state index in [4.69, 9.17) is 0 Å². The Bertz CT molecular complexity index is 925. The molecule has 0 atom stereocenters. The lowest BCUT2D eigenvalue weighted by Gasteiger charge is -2.30. The van der Waals surface area contributed by atoms with Crippen molar-refractivity contribution >= 4 is 23.6 Å². The maximum Gasteiger partial charge on any atom is 0.416 e. The van der Waals surface area contributed by atoms with Crippen LogP contribution in [0.25, 0.3) is 6.08 Å². The number of para-hydroxylation sites is 1. The number of hydrogen-bond acceptors (Lipinski definition) is 3. The van der Waals surface area contributed by atoms with Crippen LogP contribution >= 0.6 is 0 Å². The Morgan fingerprint density at radius 1 is 1.07 bits per heavy atom. The minimum atomic E-state index is -4.45. The van der Waals surface area contributed by atoms with Crippen LogP contribution < -0.4 is 15.8 Å². The number of aryl methyl sites for hydroxylation is 1. The molecule has 0 aliphatic carbocycles. The summed E-state index contributed by atoms with van der Waals surface area (Å²) in [4.78, 5) is 25.9. The van der Waals surface area contributed by atoms with Crippen molar-refractivity contribution in [1.82, 2.24) is 10.9 Å². The average Bonchev–Trinajstić information content (AvgIpc) is 2.70. The van der Waals surface area contributed by atoms with Gasteiger partial charge in [-0.15, -0.1) is 0 Å². The molecule has 152 valence electrons. The van der Waals surface area contributed by atoms with E-state index in [1.54, 1.807) is 0 Å². The Kier molecular flexibility index (Phi) is 6.21. The van der Waals surface area contributed by atoms with E-state index < -0.39 is 17.6 Å². The van der Waals surface area contributed by atoms with Crippen molar-refractivity contribution in [3.8, 4) is 0 Å². The molecule has 2 aromatic carbocycles. The Balaban J connectivity index is 1.51. The SMILES string of the molecule is O=C(/C=C/c1cccc(C(F)(F)F)c1)NNC(=O)CN1CCCc2ccccc21. The van der Waals surface area contributed by atoms with Gasteiger partial charge in [0.05, 0.1) is 12.1 Å². The number of anilines is 1. The summed E-state index contributed by atoms with van der Waals surface area (Å²) in [5, 5.41) is 0. The maximum absolute atomic E-state index is 12.7. The van der Waals surface area contributed by atoms with E-state index in [1.165, 1.54) is 23.8 Å². The molecule has 5 nitrogen and oxygen atoms in total. The summed E-state index contributed by atoms with van der Waals surface area (Å²) in [5.41, 5.74) is 6.17. The first-order valence-corrected chi connectivity index (χ1v) is 9.10. The number of nitrogens with one attached hydrogen (secondary N) is 2. The highest BCUT2D eigenvalue weighted by atomic mass is 19.4. The summed E-state index contributed by atoms with van der Waals surface area (Å²) in [7, 11) is 0. The number of benzene rings is 2. The van der Waals surface area contributed by atoms with Gasteiger partial charge in [-0.05, 0) is 48.2 Å². The van der Waals surface area contributed by atoms with E-state index in [-0.39, 0.29) is 18.0 Å². The summed E-state index contributed by atoms with van der Waals surface area (Å²) in [6.45, 7) is 0.836. The number of hydrazine groups is 1. The topological polar surface area (TPSA) is 61.4 Å². The minimum Gasteiger partial charge on any atom is -0.362 e. The van der Waals surface area contributed by atoms with Crippen LogP contribution in [0.15, 0.2) is 54.6 Å². The van der Waals surface area contributed by atoms with Gasteiger partial charge in [0.1, 0.15) is 0 Å². The molecule has 0 saturated carbocycles. The lowest BCUT2D eigenvalue weighted by atomic mass is 10.0. The van der Waals surface area contributed by atoms with Crippen molar-refractivity contribution in [2.75, 3.05) is 18.0 Å². The van der Waals surface area contributed by atoms with Gasteiger partial charge in [-0.25, -0.2) is 0 Å². The van der Waals surface area contributed by atoms with Gasteiger partial charge in [0.15, 0.2) is 0 Å². The van der Waals surface area contributed by atoms with Crippen LogP contribution in [-0.4, -0.2) is 24.9 Å². The van der Waals surface area contributed by atoms with Gasteiger partial charge >= 0.3 is 6.18 Å². The summed E-state index contributed by atoms with van der Waals surface area (Å²) in [5.74, 6) is -1.03. The van der Waals surface area contributed by atoms with E-state index in [9.17, 15) is 22.8 Å². The number of carbonyl (C=O) groups is 2. The Morgan fingerprint density at radius 2 is 1.86 bits per heavy atom. The van der Waals surface area contributed by atoms with Gasteiger partial charge in [0, 0.05) is 18.3 Å². The quantitative estimate of drug-likeness (QED) is 0.608. The smallest absolute Gasteiger partial charge is 0.362 e. The summed E-state index contributed by atoms with van der Waals surface area (Å²) < 4.78 is 38.1. The number of nitrogens with zero attached hydrogens (tertiary/aromatic N) is 1. The Hall–Kier alpha value is -3.29. The fraction of sp³-hybridized carbons (Fsp3) is 0.238. The van der Waals surface area contributed by atoms with Gasteiger partial charge in [-0.1, -0.05) is 30.3 Å². The van der Waals surface area contributed by atoms with Gasteiger partial charge in [-0.3, -0.25) is 20.4 Å². The Labute approximate surface area is 166 Å². The third kappa shape index (κ3) is 5.60. The monoisotopic (exact) mass is 403 g/mol. The summed E-state index contributed by atoms with van der Waals surface area (Å²) in [6.07, 6.45) is -0.238. The first-order chi connectivity index (χ1) is 13.8. The van der Waals surface area contributed by atoms with Crippen LogP contribution in [0.5, 0.6) is 0 Å². The van der Waals surface area contributed by atoms with E-state index in [1.807, 2.05) is 29.2 Å². The molecule has 0 saturated heterocycles. The number of hydrogen-bond donors (Lipinski definition) is 2. The normalized spacial score (nSPS) is 13.8. The molecule has 1 aliphatic heterocycles. The largest absolute Gasteiger partial charge is 0.416 e. The third-order valence-electron chi connectivity index (χ3n) is 4.51. The maximum atomic E-state index is 12.7. The minimum absolute atomic E-state index is 0.0919. The molecule has 1 heterocycles. The van der Waals surface area contributed by atoms with Crippen LogP contribution in [0.2, 0.25) is 0 Å². The second kappa shape index (κ2) is 8.81. The third-order valence-corrected chi connectivity index (χ3v) is 4.51. The van der Waals surface area contributed by atoms with Gasteiger partial charge in [0.25, 0.3) is 11.8 Å². The number of alkyl halides is 3. The fourth-order valence-corrected chi connectivity index (χ4v) is 3.15. The molecule has 29 heavy (non-hydrogen) atoms. The van der Waals surface area contributed by atoms with Crippen molar-refractivity contribution in [2.45, 2.75) is 19.0 Å². The predicted octanol–water partition coefficient (Wildman–Crippen LogP) is 3.32. The predicted molar refractivity (Wildman–Crippen MR) is 104 cm³/mol. The molecule has 2 N–H and O–H groups in total. The molecule has 0 fully saturated rings. The first-order valence-electron chi connectivity index (χ1n) is 9.10. The average molecular weight is 403 g/mol. The molecule has 0 spiro atoms. The highest BCUT2D eigenvalue weighted by Crippen LogP contribution is 2.29. The summed E-state index contributed by atoms with van der Waals surface area (Å²) >= 11 is 0. The molecule has 2 amide bonds. The highest BCUT2D eigenvalue weighted by molar-refractivity contribution is 5.93. The molecule has 0 bridgehead atoms. The molecule has 8 heteroatoms. The van der Waals surface area contributed by atoms with Crippen LogP contribution in [0.4, 0.5) is 18.9 Å². The van der Waals surface area contributed by atoms with E-state index in [0.29, 0.717) is 0 Å². The van der Waals surface area contributed by atoms with Gasteiger partial charge in [-0.2, -0.15) is 13.2 Å². The van der Waals surface area contributed by atoms with Crippen molar-refractivity contribution < 1.29 is 22.8 Å². The molecule has 2 aromatic rings. The van der Waals surface area contributed by atoms with Crippen molar-refractivity contribution in [3.63, 3.8) is 0 Å². The van der Waals surface area contributed by atoms with Crippen LogP contribution in [0, 0.1) is 0 Å². The number of rotatable bonds is 4. The van der Waals surface area contributed by atoms with E-state index in [0.717, 1.165) is 43.3 Å². The molecule has 3 rings (SSSR count).